The van der Waals surface area contributed by atoms with E-state index in [0.29, 0.717) is 18.1 Å². The van der Waals surface area contributed by atoms with Crippen LogP contribution in [0.5, 0.6) is 0 Å². The van der Waals surface area contributed by atoms with Gasteiger partial charge in [0.15, 0.2) is 0 Å². The minimum absolute atomic E-state index is 0.0000902. The molecule has 0 bridgehead atoms. The van der Waals surface area contributed by atoms with Crippen molar-refractivity contribution in [2.45, 2.75) is 25.8 Å². The van der Waals surface area contributed by atoms with E-state index in [1.165, 1.54) is 22.4 Å². The monoisotopic (exact) mass is 370 g/mol. The van der Waals surface area contributed by atoms with Gasteiger partial charge in [-0.05, 0) is 42.0 Å². The molecule has 0 saturated carbocycles. The number of hydrogen-bond acceptors (Lipinski definition) is 4. The van der Waals surface area contributed by atoms with Crippen molar-refractivity contribution in [3.05, 3.63) is 83.2 Å². The van der Waals surface area contributed by atoms with Gasteiger partial charge in [0.05, 0.1) is 5.56 Å². The molecule has 2 aliphatic rings. The Morgan fingerprint density at radius 3 is 2.36 bits per heavy atom. The van der Waals surface area contributed by atoms with Crippen LogP contribution in [0.25, 0.3) is 0 Å². The van der Waals surface area contributed by atoms with Gasteiger partial charge in [-0.1, -0.05) is 42.5 Å². The number of amides is 1. The first-order chi connectivity index (χ1) is 13.8. The second kappa shape index (κ2) is 7.08. The van der Waals surface area contributed by atoms with Crippen LogP contribution >= 0.6 is 0 Å². The van der Waals surface area contributed by atoms with Gasteiger partial charge in [0, 0.05) is 37.7 Å². The van der Waals surface area contributed by atoms with Crippen molar-refractivity contribution in [1.29, 1.82) is 0 Å². The fourth-order valence-electron chi connectivity index (χ4n) is 4.16. The number of para-hydroxylation sites is 1. The summed E-state index contributed by atoms with van der Waals surface area (Å²) in [6.07, 6.45) is 6.39. The number of rotatable bonds is 2. The summed E-state index contributed by atoms with van der Waals surface area (Å²) >= 11 is 0. The Morgan fingerprint density at radius 2 is 1.54 bits per heavy atom. The molecule has 1 amide bonds. The molecule has 0 radical (unpaired) electrons. The van der Waals surface area contributed by atoms with E-state index in [0.717, 1.165) is 32.4 Å². The molecule has 0 fully saturated rings. The van der Waals surface area contributed by atoms with Gasteiger partial charge in [-0.3, -0.25) is 4.79 Å². The molecule has 0 aliphatic carbocycles. The number of nitrogens with zero attached hydrogens (tertiary/aromatic N) is 4. The highest BCUT2D eigenvalue weighted by atomic mass is 16.2. The molecule has 140 valence electrons. The number of carbonyl (C=O) groups excluding carboxylic acids is 1. The highest BCUT2D eigenvalue weighted by Crippen LogP contribution is 2.31. The lowest BCUT2D eigenvalue weighted by Gasteiger charge is -2.30. The summed E-state index contributed by atoms with van der Waals surface area (Å²) in [6.45, 7) is 2.28. The average Bonchev–Trinajstić information content (AvgIpc) is 2.78. The van der Waals surface area contributed by atoms with Gasteiger partial charge in [0.2, 0.25) is 5.95 Å². The molecule has 2 aromatic carbocycles. The average molecular weight is 370 g/mol. The number of aryl methyl sites for hydroxylation is 1. The van der Waals surface area contributed by atoms with Crippen molar-refractivity contribution in [1.82, 2.24) is 14.9 Å². The fourth-order valence-corrected chi connectivity index (χ4v) is 4.16. The molecular weight excluding hydrogens is 348 g/mol. The lowest BCUT2D eigenvalue weighted by molar-refractivity contribution is 0.0734. The molecule has 5 nitrogen and oxygen atoms in total. The first-order valence-corrected chi connectivity index (χ1v) is 9.83. The Hall–Kier alpha value is -3.21. The molecular formula is C23H22N4O. The number of carbonyl (C=O) groups is 1. The summed E-state index contributed by atoms with van der Waals surface area (Å²) in [7, 11) is 0. The third kappa shape index (κ3) is 3.03. The van der Waals surface area contributed by atoms with Gasteiger partial charge < -0.3 is 9.80 Å². The Labute approximate surface area is 164 Å². The second-order valence-corrected chi connectivity index (χ2v) is 7.40. The highest BCUT2D eigenvalue weighted by Gasteiger charge is 2.23. The molecule has 0 unspecified atom stereocenters. The van der Waals surface area contributed by atoms with Gasteiger partial charge in [0.25, 0.3) is 5.91 Å². The van der Waals surface area contributed by atoms with E-state index in [2.05, 4.69) is 51.3 Å². The SMILES string of the molecule is O=C(c1cnc(N2CCCc3ccccc32)nc1)N1CCc2ccccc2C1. The van der Waals surface area contributed by atoms with Gasteiger partial charge in [0.1, 0.15) is 0 Å². The Morgan fingerprint density at radius 1 is 0.821 bits per heavy atom. The summed E-state index contributed by atoms with van der Waals surface area (Å²) in [6, 6.07) is 16.7. The van der Waals surface area contributed by atoms with Gasteiger partial charge in [-0.15, -0.1) is 0 Å². The Kier molecular flexibility index (Phi) is 4.28. The van der Waals surface area contributed by atoms with Gasteiger partial charge in [-0.25, -0.2) is 9.97 Å². The van der Waals surface area contributed by atoms with Crippen LogP contribution < -0.4 is 4.90 Å². The van der Waals surface area contributed by atoms with Crippen LogP contribution in [0.15, 0.2) is 60.9 Å². The predicted octanol–water partition coefficient (Wildman–Crippen LogP) is 3.76. The summed E-state index contributed by atoms with van der Waals surface area (Å²) in [5.41, 5.74) is 5.60. The van der Waals surface area contributed by atoms with Crippen LogP contribution in [-0.2, 0) is 19.4 Å². The molecule has 0 saturated heterocycles. The van der Waals surface area contributed by atoms with Gasteiger partial charge in [-0.2, -0.15) is 0 Å². The minimum Gasteiger partial charge on any atom is -0.334 e. The first-order valence-electron chi connectivity index (χ1n) is 9.83. The van der Waals surface area contributed by atoms with Crippen molar-refractivity contribution in [2.24, 2.45) is 0 Å². The predicted molar refractivity (Wildman–Crippen MR) is 109 cm³/mol. The second-order valence-electron chi connectivity index (χ2n) is 7.40. The maximum atomic E-state index is 12.9. The van der Waals surface area contributed by atoms with Crippen molar-refractivity contribution >= 4 is 17.5 Å². The van der Waals surface area contributed by atoms with Crippen molar-refractivity contribution in [3.8, 4) is 0 Å². The first kappa shape index (κ1) is 16.9. The zero-order valence-corrected chi connectivity index (χ0v) is 15.7. The molecule has 5 rings (SSSR count). The van der Waals surface area contributed by atoms with Crippen LogP contribution in [0.1, 0.15) is 33.5 Å². The number of fused-ring (bicyclic) bond motifs is 2. The molecule has 3 heterocycles. The highest BCUT2D eigenvalue weighted by molar-refractivity contribution is 5.94. The van der Waals surface area contributed by atoms with Crippen molar-refractivity contribution in [2.75, 3.05) is 18.0 Å². The fraction of sp³-hybridized carbons (Fsp3) is 0.261. The van der Waals surface area contributed by atoms with Gasteiger partial charge >= 0.3 is 0 Å². The van der Waals surface area contributed by atoms with E-state index in [9.17, 15) is 4.79 Å². The standard InChI is InChI=1S/C23H22N4O/c28-22(26-13-11-17-6-1-2-8-19(17)16-26)20-14-24-23(25-15-20)27-12-5-9-18-7-3-4-10-21(18)27/h1-4,6-8,10,14-15H,5,9,11-13,16H2. The Balaban J connectivity index is 1.36. The number of aromatic nitrogens is 2. The normalized spacial score (nSPS) is 15.7. The zero-order valence-electron chi connectivity index (χ0n) is 15.7. The lowest BCUT2D eigenvalue weighted by atomic mass is 9.99. The van der Waals surface area contributed by atoms with Crippen molar-refractivity contribution < 1.29 is 4.79 Å². The number of hydrogen-bond donors (Lipinski definition) is 0. The molecule has 28 heavy (non-hydrogen) atoms. The smallest absolute Gasteiger partial charge is 0.257 e. The molecule has 3 aromatic rings. The summed E-state index contributed by atoms with van der Waals surface area (Å²) in [4.78, 5) is 26.0. The van der Waals surface area contributed by atoms with Crippen LogP contribution in [0.2, 0.25) is 0 Å². The zero-order chi connectivity index (χ0) is 18.9. The van der Waals surface area contributed by atoms with Crippen LogP contribution in [0.3, 0.4) is 0 Å². The quantitative estimate of drug-likeness (QED) is 0.689. The molecule has 1 aromatic heterocycles. The lowest BCUT2D eigenvalue weighted by Crippen LogP contribution is -2.36. The maximum Gasteiger partial charge on any atom is 0.257 e. The third-order valence-electron chi connectivity index (χ3n) is 5.65. The molecule has 2 aliphatic heterocycles. The number of anilines is 2. The molecule has 5 heteroatoms. The third-order valence-corrected chi connectivity index (χ3v) is 5.65. The van der Waals surface area contributed by atoms with E-state index >= 15 is 0 Å². The molecule has 0 spiro atoms. The van der Waals surface area contributed by atoms with Crippen LogP contribution in [-0.4, -0.2) is 33.9 Å². The van der Waals surface area contributed by atoms with E-state index in [4.69, 9.17) is 0 Å². The molecule has 0 atom stereocenters. The minimum atomic E-state index is 0.0000902. The summed E-state index contributed by atoms with van der Waals surface area (Å²) in [5, 5.41) is 0. The van der Waals surface area contributed by atoms with Crippen molar-refractivity contribution in [3.63, 3.8) is 0 Å². The Bertz CT molecular complexity index is 1020. The summed E-state index contributed by atoms with van der Waals surface area (Å²) < 4.78 is 0. The molecule has 0 N–H and O–H groups in total. The van der Waals surface area contributed by atoms with E-state index in [1.807, 2.05) is 17.0 Å². The van der Waals surface area contributed by atoms with E-state index in [-0.39, 0.29) is 5.91 Å². The largest absolute Gasteiger partial charge is 0.334 e. The number of benzene rings is 2. The topological polar surface area (TPSA) is 49.3 Å². The maximum absolute atomic E-state index is 12.9. The van der Waals surface area contributed by atoms with E-state index < -0.39 is 0 Å². The van der Waals surface area contributed by atoms with Crippen LogP contribution in [0, 0.1) is 0 Å². The van der Waals surface area contributed by atoms with E-state index in [1.54, 1.807) is 12.4 Å². The summed E-state index contributed by atoms with van der Waals surface area (Å²) in [5.74, 6) is 0.660. The van der Waals surface area contributed by atoms with Crippen LogP contribution in [0.4, 0.5) is 11.6 Å².